The van der Waals surface area contributed by atoms with Gasteiger partial charge in [0.2, 0.25) is 5.91 Å². The number of rotatable bonds is 3. The summed E-state index contributed by atoms with van der Waals surface area (Å²) in [5.74, 6) is 1.71. The molecule has 1 fully saturated rings. The molecule has 1 heterocycles. The Bertz CT molecular complexity index is 409. The van der Waals surface area contributed by atoms with Crippen molar-refractivity contribution >= 4 is 5.91 Å². The lowest BCUT2D eigenvalue weighted by atomic mass is 9.98. The zero-order valence-electron chi connectivity index (χ0n) is 11.2. The number of hydrogen-bond donors (Lipinski definition) is 0. The van der Waals surface area contributed by atoms with Crippen molar-refractivity contribution in [1.82, 2.24) is 4.90 Å². The van der Waals surface area contributed by atoms with Gasteiger partial charge in [-0.15, -0.1) is 0 Å². The molecule has 1 aromatic rings. The Morgan fingerprint density at radius 3 is 2.72 bits per heavy atom. The monoisotopic (exact) mass is 247 g/mol. The average molecular weight is 247 g/mol. The SMILES string of the molecule is CC(=O)N1CCC(COc2cccc(C)c2)CC1. The minimum absolute atomic E-state index is 0.188. The molecule has 2 rings (SSSR count). The zero-order chi connectivity index (χ0) is 13.0. The van der Waals surface area contributed by atoms with Gasteiger partial charge in [-0.3, -0.25) is 4.79 Å². The Hall–Kier alpha value is -1.51. The number of piperidine rings is 1. The van der Waals surface area contributed by atoms with Gasteiger partial charge in [0.25, 0.3) is 0 Å². The minimum Gasteiger partial charge on any atom is -0.493 e. The van der Waals surface area contributed by atoms with Crippen LogP contribution in [0, 0.1) is 12.8 Å². The molecule has 98 valence electrons. The molecule has 3 heteroatoms. The first-order valence-electron chi connectivity index (χ1n) is 6.60. The summed E-state index contributed by atoms with van der Waals surface area (Å²) < 4.78 is 5.82. The third-order valence-corrected chi connectivity index (χ3v) is 3.54. The van der Waals surface area contributed by atoms with E-state index in [1.54, 1.807) is 6.92 Å². The summed E-state index contributed by atoms with van der Waals surface area (Å²) in [6, 6.07) is 8.14. The Morgan fingerprint density at radius 2 is 2.11 bits per heavy atom. The quantitative estimate of drug-likeness (QED) is 0.821. The van der Waals surface area contributed by atoms with Crippen LogP contribution in [0.25, 0.3) is 0 Å². The van der Waals surface area contributed by atoms with Crippen molar-refractivity contribution in [2.24, 2.45) is 5.92 Å². The molecule has 1 saturated heterocycles. The fourth-order valence-corrected chi connectivity index (χ4v) is 2.33. The van der Waals surface area contributed by atoms with Gasteiger partial charge in [-0.1, -0.05) is 12.1 Å². The molecule has 0 spiro atoms. The fourth-order valence-electron chi connectivity index (χ4n) is 2.33. The van der Waals surface area contributed by atoms with E-state index < -0.39 is 0 Å². The molecule has 0 aliphatic carbocycles. The number of aryl methyl sites for hydroxylation is 1. The van der Waals surface area contributed by atoms with Crippen molar-refractivity contribution in [3.8, 4) is 5.75 Å². The van der Waals surface area contributed by atoms with Gasteiger partial charge in [0.1, 0.15) is 5.75 Å². The van der Waals surface area contributed by atoms with E-state index in [1.165, 1.54) is 5.56 Å². The third-order valence-electron chi connectivity index (χ3n) is 3.54. The van der Waals surface area contributed by atoms with Crippen LogP contribution < -0.4 is 4.74 Å². The highest BCUT2D eigenvalue weighted by atomic mass is 16.5. The number of likely N-dealkylation sites (tertiary alicyclic amines) is 1. The fraction of sp³-hybridized carbons (Fsp3) is 0.533. The Kier molecular flexibility index (Phi) is 4.24. The number of nitrogens with zero attached hydrogens (tertiary/aromatic N) is 1. The molecule has 0 aromatic heterocycles. The summed E-state index contributed by atoms with van der Waals surface area (Å²) in [4.78, 5) is 13.1. The predicted molar refractivity (Wildman–Crippen MR) is 71.7 cm³/mol. The second-order valence-corrected chi connectivity index (χ2v) is 5.08. The molecule has 18 heavy (non-hydrogen) atoms. The van der Waals surface area contributed by atoms with Gasteiger partial charge in [0.05, 0.1) is 6.61 Å². The van der Waals surface area contributed by atoms with Crippen LogP contribution in [0.15, 0.2) is 24.3 Å². The van der Waals surface area contributed by atoms with E-state index in [9.17, 15) is 4.79 Å². The average Bonchev–Trinajstić information content (AvgIpc) is 2.37. The van der Waals surface area contributed by atoms with Crippen LogP contribution in [-0.2, 0) is 4.79 Å². The van der Waals surface area contributed by atoms with E-state index in [1.807, 2.05) is 17.0 Å². The lowest BCUT2D eigenvalue weighted by Crippen LogP contribution is -2.38. The molecule has 0 unspecified atom stereocenters. The minimum atomic E-state index is 0.188. The first-order chi connectivity index (χ1) is 8.65. The molecule has 1 aliphatic heterocycles. The van der Waals surface area contributed by atoms with Gasteiger partial charge in [-0.25, -0.2) is 0 Å². The highest BCUT2D eigenvalue weighted by molar-refractivity contribution is 5.73. The summed E-state index contributed by atoms with van der Waals surface area (Å²) in [7, 11) is 0. The van der Waals surface area contributed by atoms with Crippen molar-refractivity contribution in [2.75, 3.05) is 19.7 Å². The first kappa shape index (κ1) is 12.9. The summed E-state index contributed by atoms with van der Waals surface area (Å²) in [5, 5.41) is 0. The molecular weight excluding hydrogens is 226 g/mol. The molecule has 1 aromatic carbocycles. The maximum Gasteiger partial charge on any atom is 0.219 e. The smallest absolute Gasteiger partial charge is 0.219 e. The van der Waals surface area contributed by atoms with Gasteiger partial charge < -0.3 is 9.64 Å². The Labute approximate surface area is 109 Å². The molecule has 0 atom stereocenters. The van der Waals surface area contributed by atoms with Crippen LogP contribution in [0.3, 0.4) is 0 Å². The number of hydrogen-bond acceptors (Lipinski definition) is 2. The van der Waals surface area contributed by atoms with Crippen LogP contribution in [0.2, 0.25) is 0 Å². The standard InChI is InChI=1S/C15H21NO2/c1-12-4-3-5-15(10-12)18-11-14-6-8-16(9-7-14)13(2)17/h3-5,10,14H,6-9,11H2,1-2H3. The number of amides is 1. The highest BCUT2D eigenvalue weighted by Crippen LogP contribution is 2.20. The zero-order valence-corrected chi connectivity index (χ0v) is 11.2. The van der Waals surface area contributed by atoms with Gasteiger partial charge in [-0.05, 0) is 43.4 Å². The van der Waals surface area contributed by atoms with Crippen molar-refractivity contribution in [3.05, 3.63) is 29.8 Å². The van der Waals surface area contributed by atoms with Gasteiger partial charge >= 0.3 is 0 Å². The Balaban J connectivity index is 1.77. The molecule has 1 aliphatic rings. The molecule has 3 nitrogen and oxygen atoms in total. The summed E-state index contributed by atoms with van der Waals surface area (Å²) in [5.41, 5.74) is 1.22. The predicted octanol–water partition coefficient (Wildman–Crippen LogP) is 2.63. The van der Waals surface area contributed by atoms with Crippen LogP contribution in [-0.4, -0.2) is 30.5 Å². The number of benzene rings is 1. The maximum atomic E-state index is 11.2. The van der Waals surface area contributed by atoms with E-state index in [2.05, 4.69) is 19.1 Å². The summed E-state index contributed by atoms with van der Waals surface area (Å²) >= 11 is 0. The van der Waals surface area contributed by atoms with Gasteiger partial charge in [0.15, 0.2) is 0 Å². The van der Waals surface area contributed by atoms with E-state index in [0.29, 0.717) is 5.92 Å². The van der Waals surface area contributed by atoms with Crippen LogP contribution in [0.5, 0.6) is 5.75 Å². The molecular formula is C15H21NO2. The topological polar surface area (TPSA) is 29.5 Å². The highest BCUT2D eigenvalue weighted by Gasteiger charge is 2.20. The second kappa shape index (κ2) is 5.89. The third kappa shape index (κ3) is 3.49. The van der Waals surface area contributed by atoms with Crippen LogP contribution in [0.4, 0.5) is 0 Å². The Morgan fingerprint density at radius 1 is 1.39 bits per heavy atom. The van der Waals surface area contributed by atoms with E-state index in [4.69, 9.17) is 4.74 Å². The molecule has 1 amide bonds. The number of ether oxygens (including phenoxy) is 1. The summed E-state index contributed by atoms with van der Waals surface area (Å²) in [6.07, 6.45) is 2.09. The van der Waals surface area contributed by atoms with Crippen molar-refractivity contribution in [2.45, 2.75) is 26.7 Å². The van der Waals surface area contributed by atoms with Gasteiger partial charge in [0, 0.05) is 20.0 Å². The van der Waals surface area contributed by atoms with Crippen LogP contribution >= 0.6 is 0 Å². The normalized spacial score (nSPS) is 16.7. The van der Waals surface area contributed by atoms with Crippen molar-refractivity contribution < 1.29 is 9.53 Å². The molecule has 0 N–H and O–H groups in total. The molecule has 0 radical (unpaired) electrons. The van der Waals surface area contributed by atoms with Crippen LogP contribution in [0.1, 0.15) is 25.3 Å². The van der Waals surface area contributed by atoms with E-state index in [0.717, 1.165) is 38.3 Å². The van der Waals surface area contributed by atoms with Crippen molar-refractivity contribution in [1.29, 1.82) is 0 Å². The maximum absolute atomic E-state index is 11.2. The second-order valence-electron chi connectivity index (χ2n) is 5.08. The largest absolute Gasteiger partial charge is 0.493 e. The number of carbonyl (C=O) groups excluding carboxylic acids is 1. The van der Waals surface area contributed by atoms with E-state index in [-0.39, 0.29) is 5.91 Å². The van der Waals surface area contributed by atoms with Crippen molar-refractivity contribution in [3.63, 3.8) is 0 Å². The summed E-state index contributed by atoms with van der Waals surface area (Å²) in [6.45, 7) is 6.21. The first-order valence-corrected chi connectivity index (χ1v) is 6.60. The number of carbonyl (C=O) groups is 1. The molecule has 0 saturated carbocycles. The lowest BCUT2D eigenvalue weighted by Gasteiger charge is -2.31. The lowest BCUT2D eigenvalue weighted by molar-refractivity contribution is -0.130. The van der Waals surface area contributed by atoms with Gasteiger partial charge in [-0.2, -0.15) is 0 Å². The molecule has 0 bridgehead atoms. The van der Waals surface area contributed by atoms with E-state index >= 15 is 0 Å².